The average Bonchev–Trinajstić information content (AvgIpc) is 2.86. The molecule has 3 amide bonds. The largest absolute Gasteiger partial charge is 0.444 e. The summed E-state index contributed by atoms with van der Waals surface area (Å²) in [6.45, 7) is 6.65. The molecule has 2 atom stereocenters. The van der Waals surface area contributed by atoms with Crippen LogP contribution in [0.1, 0.15) is 40.0 Å². The summed E-state index contributed by atoms with van der Waals surface area (Å²) in [6.07, 6.45) is 1.35. The number of likely N-dealkylation sites (tertiary alicyclic amines) is 2. The predicted molar refractivity (Wildman–Crippen MR) is 80.1 cm³/mol. The molecule has 22 heavy (non-hydrogen) atoms. The van der Waals surface area contributed by atoms with E-state index in [2.05, 4.69) is 5.32 Å². The lowest BCUT2D eigenvalue weighted by Gasteiger charge is -2.30. The normalized spacial score (nSPS) is 26.5. The van der Waals surface area contributed by atoms with Crippen LogP contribution in [0.3, 0.4) is 0 Å². The van der Waals surface area contributed by atoms with E-state index in [4.69, 9.17) is 4.74 Å². The molecule has 2 aliphatic heterocycles. The van der Waals surface area contributed by atoms with Crippen LogP contribution in [0.2, 0.25) is 0 Å². The molecule has 0 saturated carbocycles. The number of carbonyl (C=O) groups is 3. The van der Waals surface area contributed by atoms with E-state index in [1.807, 2.05) is 20.8 Å². The monoisotopic (exact) mass is 311 g/mol. The van der Waals surface area contributed by atoms with Crippen LogP contribution < -0.4 is 5.32 Å². The van der Waals surface area contributed by atoms with Gasteiger partial charge in [-0.05, 0) is 33.6 Å². The van der Waals surface area contributed by atoms with Crippen molar-refractivity contribution < 1.29 is 19.1 Å². The van der Waals surface area contributed by atoms with E-state index in [9.17, 15) is 14.4 Å². The van der Waals surface area contributed by atoms with E-state index in [1.165, 1.54) is 11.9 Å². The maximum Gasteiger partial charge on any atom is 0.410 e. The smallest absolute Gasteiger partial charge is 0.410 e. The van der Waals surface area contributed by atoms with Crippen LogP contribution in [0.15, 0.2) is 0 Å². The molecule has 7 heteroatoms. The molecule has 2 rings (SSSR count). The zero-order valence-electron chi connectivity index (χ0n) is 13.7. The molecule has 0 bridgehead atoms. The summed E-state index contributed by atoms with van der Waals surface area (Å²) in [5, 5.41) is 3.27. The first-order chi connectivity index (χ1) is 10.2. The molecule has 7 nitrogen and oxygen atoms in total. The quantitative estimate of drug-likeness (QED) is 0.761. The minimum absolute atomic E-state index is 0.0584. The molecular weight excluding hydrogens is 286 g/mol. The van der Waals surface area contributed by atoms with Crippen LogP contribution in [0.4, 0.5) is 4.79 Å². The number of nitrogens with zero attached hydrogens (tertiary/aromatic N) is 2. The number of imide groups is 1. The lowest BCUT2D eigenvalue weighted by Crippen LogP contribution is -2.54. The van der Waals surface area contributed by atoms with Crippen LogP contribution in [0, 0.1) is 0 Å². The third-order valence-corrected chi connectivity index (χ3v) is 3.93. The summed E-state index contributed by atoms with van der Waals surface area (Å²) < 4.78 is 5.35. The third kappa shape index (κ3) is 3.97. The lowest BCUT2D eigenvalue weighted by molar-refractivity contribution is -0.148. The van der Waals surface area contributed by atoms with Crippen molar-refractivity contribution in [2.75, 3.05) is 20.1 Å². The predicted octanol–water partition coefficient (Wildman–Crippen LogP) is 0.733. The molecule has 2 aliphatic rings. The van der Waals surface area contributed by atoms with Crippen molar-refractivity contribution in [3.05, 3.63) is 0 Å². The Kier molecular flexibility index (Phi) is 4.75. The van der Waals surface area contributed by atoms with Crippen LogP contribution in [0.5, 0.6) is 0 Å². The molecular formula is C15H25N3O4. The fourth-order valence-corrected chi connectivity index (χ4v) is 2.74. The van der Waals surface area contributed by atoms with Crippen molar-refractivity contribution in [3.8, 4) is 0 Å². The first kappa shape index (κ1) is 16.7. The number of amides is 3. The molecule has 2 heterocycles. The zero-order chi connectivity index (χ0) is 16.5. The third-order valence-electron chi connectivity index (χ3n) is 3.93. The number of nitrogens with one attached hydrogen (secondary N) is 1. The second kappa shape index (κ2) is 6.24. The average molecular weight is 311 g/mol. The first-order valence-electron chi connectivity index (χ1n) is 7.72. The number of carbonyl (C=O) groups excluding carboxylic acids is 3. The van der Waals surface area contributed by atoms with Gasteiger partial charge in [0.05, 0.1) is 6.04 Å². The number of ether oxygens (including phenoxy) is 1. The molecule has 0 radical (unpaired) electrons. The molecule has 1 N–H and O–H groups in total. The van der Waals surface area contributed by atoms with Gasteiger partial charge in [-0.3, -0.25) is 14.5 Å². The Balaban J connectivity index is 1.85. The maximum atomic E-state index is 12.1. The Hall–Kier alpha value is -1.63. The number of hydrogen-bond acceptors (Lipinski definition) is 5. The number of hydrogen-bond donors (Lipinski definition) is 1. The second-order valence-electron chi connectivity index (χ2n) is 6.96. The Labute approximate surface area is 131 Å². The number of piperidine rings is 1. The summed E-state index contributed by atoms with van der Waals surface area (Å²) in [5.74, 6) is -0.322. The SMILES string of the molecule is CN1C(=O)CCC(NC2CCN(C(=O)OC(C)(C)C)C2)C1=O. The van der Waals surface area contributed by atoms with E-state index in [-0.39, 0.29) is 30.0 Å². The molecule has 2 unspecified atom stereocenters. The highest BCUT2D eigenvalue weighted by molar-refractivity contribution is 6.00. The van der Waals surface area contributed by atoms with Gasteiger partial charge in [0.1, 0.15) is 5.60 Å². The minimum atomic E-state index is -0.509. The molecule has 0 spiro atoms. The van der Waals surface area contributed by atoms with Crippen molar-refractivity contribution in [3.63, 3.8) is 0 Å². The molecule has 2 saturated heterocycles. The van der Waals surface area contributed by atoms with E-state index >= 15 is 0 Å². The molecule has 0 aromatic rings. The topological polar surface area (TPSA) is 79.0 Å². The van der Waals surface area contributed by atoms with Gasteiger partial charge in [-0.1, -0.05) is 0 Å². The van der Waals surface area contributed by atoms with E-state index < -0.39 is 5.60 Å². The first-order valence-corrected chi connectivity index (χ1v) is 7.72. The van der Waals surface area contributed by atoms with Crippen molar-refractivity contribution in [1.29, 1.82) is 0 Å². The van der Waals surface area contributed by atoms with Crippen LogP contribution in [0.25, 0.3) is 0 Å². The van der Waals surface area contributed by atoms with Crippen molar-refractivity contribution in [2.24, 2.45) is 0 Å². The summed E-state index contributed by atoms with van der Waals surface area (Å²) in [5.41, 5.74) is -0.509. The molecule has 2 fully saturated rings. The van der Waals surface area contributed by atoms with Gasteiger partial charge < -0.3 is 15.0 Å². The van der Waals surface area contributed by atoms with Crippen LogP contribution in [-0.4, -0.2) is 65.5 Å². The van der Waals surface area contributed by atoms with Crippen LogP contribution in [-0.2, 0) is 14.3 Å². The van der Waals surface area contributed by atoms with Crippen molar-refractivity contribution in [1.82, 2.24) is 15.1 Å². The molecule has 0 aliphatic carbocycles. The van der Waals surface area contributed by atoms with Gasteiger partial charge in [0.25, 0.3) is 0 Å². The summed E-state index contributed by atoms with van der Waals surface area (Å²) >= 11 is 0. The maximum absolute atomic E-state index is 12.1. The van der Waals surface area contributed by atoms with Crippen molar-refractivity contribution >= 4 is 17.9 Å². The fraction of sp³-hybridized carbons (Fsp3) is 0.800. The fourth-order valence-electron chi connectivity index (χ4n) is 2.74. The van der Waals surface area contributed by atoms with Gasteiger partial charge in [-0.15, -0.1) is 0 Å². The summed E-state index contributed by atoms with van der Waals surface area (Å²) in [7, 11) is 1.51. The van der Waals surface area contributed by atoms with Gasteiger partial charge in [0.15, 0.2) is 0 Å². The van der Waals surface area contributed by atoms with Crippen molar-refractivity contribution in [2.45, 2.75) is 57.7 Å². The number of rotatable bonds is 2. The van der Waals surface area contributed by atoms with E-state index in [1.54, 1.807) is 4.90 Å². The Morgan fingerprint density at radius 3 is 2.59 bits per heavy atom. The molecule has 0 aromatic heterocycles. The van der Waals surface area contributed by atoms with E-state index in [0.29, 0.717) is 25.9 Å². The second-order valence-corrected chi connectivity index (χ2v) is 6.96. The van der Waals surface area contributed by atoms with Gasteiger partial charge in [-0.25, -0.2) is 4.79 Å². The standard InChI is InChI=1S/C15H25N3O4/c1-15(2,3)22-14(21)18-8-7-10(9-18)16-11-5-6-12(19)17(4)13(11)20/h10-11,16H,5-9H2,1-4H3. The summed E-state index contributed by atoms with van der Waals surface area (Å²) in [4.78, 5) is 38.4. The summed E-state index contributed by atoms with van der Waals surface area (Å²) in [6, 6.07) is -0.283. The Morgan fingerprint density at radius 1 is 1.27 bits per heavy atom. The molecule has 124 valence electrons. The highest BCUT2D eigenvalue weighted by atomic mass is 16.6. The zero-order valence-corrected chi connectivity index (χ0v) is 13.7. The highest BCUT2D eigenvalue weighted by Gasteiger charge is 2.36. The van der Waals surface area contributed by atoms with Crippen LogP contribution >= 0.6 is 0 Å². The Morgan fingerprint density at radius 2 is 1.95 bits per heavy atom. The van der Waals surface area contributed by atoms with Gasteiger partial charge >= 0.3 is 6.09 Å². The minimum Gasteiger partial charge on any atom is -0.444 e. The Bertz CT molecular complexity index is 472. The van der Waals surface area contributed by atoms with E-state index in [0.717, 1.165) is 6.42 Å². The number of likely N-dealkylation sites (N-methyl/N-ethyl adjacent to an activating group) is 1. The van der Waals surface area contributed by atoms with Gasteiger partial charge in [0.2, 0.25) is 11.8 Å². The lowest BCUT2D eigenvalue weighted by atomic mass is 10.0. The highest BCUT2D eigenvalue weighted by Crippen LogP contribution is 2.18. The van der Waals surface area contributed by atoms with Gasteiger partial charge in [0, 0.05) is 32.6 Å². The molecule has 0 aromatic carbocycles. The van der Waals surface area contributed by atoms with Gasteiger partial charge in [-0.2, -0.15) is 0 Å².